The number of nitrogens with zero attached hydrogens (tertiary/aromatic N) is 2. The highest BCUT2D eigenvalue weighted by molar-refractivity contribution is 7.92. The summed E-state index contributed by atoms with van der Waals surface area (Å²) in [6.07, 6.45) is 0.328. The summed E-state index contributed by atoms with van der Waals surface area (Å²) in [5.74, 6) is -0.237. The lowest BCUT2D eigenvalue weighted by molar-refractivity contribution is -0.141. The van der Waals surface area contributed by atoms with Gasteiger partial charge in [0.1, 0.15) is 24.1 Å². The molecule has 41 heavy (non-hydrogen) atoms. The van der Waals surface area contributed by atoms with E-state index in [0.717, 1.165) is 9.87 Å². The van der Waals surface area contributed by atoms with Crippen LogP contribution < -0.4 is 19.1 Å². The van der Waals surface area contributed by atoms with Gasteiger partial charge in [0.25, 0.3) is 10.0 Å². The molecule has 0 saturated heterocycles. The van der Waals surface area contributed by atoms with E-state index in [1.165, 1.54) is 37.3 Å². The Morgan fingerprint density at radius 3 is 2.05 bits per heavy atom. The first-order valence-electron chi connectivity index (χ1n) is 13.4. The maximum Gasteiger partial charge on any atom is 0.264 e. The fourth-order valence-corrected chi connectivity index (χ4v) is 5.81. The molecule has 3 rings (SSSR count). The van der Waals surface area contributed by atoms with E-state index in [1.807, 2.05) is 58.0 Å². The van der Waals surface area contributed by atoms with Crippen molar-refractivity contribution >= 4 is 27.5 Å². The number of carbonyl (C=O) groups excluding carboxylic acids is 2. The fraction of sp³-hybridized carbons (Fsp3) is 0.355. The lowest BCUT2D eigenvalue weighted by Gasteiger charge is -2.35. The second kappa shape index (κ2) is 13.5. The first-order valence-corrected chi connectivity index (χ1v) is 14.8. The summed E-state index contributed by atoms with van der Waals surface area (Å²) in [6, 6.07) is 21.0. The number of rotatable bonds is 12. The van der Waals surface area contributed by atoms with Gasteiger partial charge in [-0.25, -0.2) is 8.42 Å². The van der Waals surface area contributed by atoms with E-state index in [4.69, 9.17) is 9.47 Å². The molecule has 3 aromatic carbocycles. The number of carbonyl (C=O) groups is 2. The van der Waals surface area contributed by atoms with Gasteiger partial charge in [-0.1, -0.05) is 55.5 Å². The molecule has 0 aliphatic carbocycles. The third kappa shape index (κ3) is 8.00. The highest BCUT2D eigenvalue weighted by Crippen LogP contribution is 2.36. The zero-order valence-electron chi connectivity index (χ0n) is 24.5. The van der Waals surface area contributed by atoms with Crippen molar-refractivity contribution in [3.05, 3.63) is 84.4 Å². The van der Waals surface area contributed by atoms with Crippen LogP contribution in [0.1, 0.15) is 39.7 Å². The van der Waals surface area contributed by atoms with E-state index in [2.05, 4.69) is 5.32 Å². The molecule has 9 nitrogen and oxygen atoms in total. The number of amides is 2. The van der Waals surface area contributed by atoms with Gasteiger partial charge in [-0.2, -0.15) is 0 Å². The highest BCUT2D eigenvalue weighted by Gasteiger charge is 2.35. The topological polar surface area (TPSA) is 105 Å². The Hall–Kier alpha value is -4.05. The van der Waals surface area contributed by atoms with Crippen LogP contribution >= 0.6 is 0 Å². The van der Waals surface area contributed by atoms with Crippen LogP contribution in [0.4, 0.5) is 5.69 Å². The Kier molecular flexibility index (Phi) is 10.4. The predicted molar refractivity (Wildman–Crippen MR) is 159 cm³/mol. The maximum absolute atomic E-state index is 14.2. The van der Waals surface area contributed by atoms with Gasteiger partial charge in [0, 0.05) is 18.2 Å². The van der Waals surface area contributed by atoms with Crippen LogP contribution in [0.25, 0.3) is 0 Å². The maximum atomic E-state index is 14.2. The quantitative estimate of drug-likeness (QED) is 0.335. The summed E-state index contributed by atoms with van der Waals surface area (Å²) < 4.78 is 40.0. The van der Waals surface area contributed by atoms with Gasteiger partial charge in [0.2, 0.25) is 11.8 Å². The highest BCUT2D eigenvalue weighted by atomic mass is 32.2. The third-order valence-electron chi connectivity index (χ3n) is 6.34. The van der Waals surface area contributed by atoms with Crippen LogP contribution in [-0.4, -0.2) is 57.5 Å². The SMILES string of the molecule is CC[C@@H](C(=O)NC(C)(C)C)N(Cc1ccccc1)C(=O)CN(c1cc(OC)ccc1OC)S(=O)(=O)c1ccccc1. The van der Waals surface area contributed by atoms with Gasteiger partial charge in [-0.3, -0.25) is 13.9 Å². The second-order valence-electron chi connectivity index (χ2n) is 10.5. The van der Waals surface area contributed by atoms with Gasteiger partial charge < -0.3 is 19.7 Å². The summed E-state index contributed by atoms with van der Waals surface area (Å²) in [5, 5.41) is 2.96. The van der Waals surface area contributed by atoms with E-state index >= 15 is 0 Å². The lowest BCUT2D eigenvalue weighted by atomic mass is 10.1. The Labute approximate surface area is 243 Å². The molecule has 3 aromatic rings. The largest absolute Gasteiger partial charge is 0.497 e. The molecule has 0 heterocycles. The number of sulfonamides is 1. The summed E-state index contributed by atoms with van der Waals surface area (Å²) >= 11 is 0. The Bertz CT molecular complexity index is 1420. The lowest BCUT2D eigenvalue weighted by Crippen LogP contribution is -2.55. The molecule has 0 spiro atoms. The van der Waals surface area contributed by atoms with Crippen molar-refractivity contribution in [3.8, 4) is 11.5 Å². The van der Waals surface area contributed by atoms with Crippen molar-refractivity contribution in [1.82, 2.24) is 10.2 Å². The molecule has 0 fully saturated rings. The average molecular weight is 582 g/mol. The van der Waals surface area contributed by atoms with Gasteiger partial charge in [0.05, 0.1) is 24.8 Å². The van der Waals surface area contributed by atoms with E-state index in [0.29, 0.717) is 12.2 Å². The number of hydrogen-bond acceptors (Lipinski definition) is 6. The number of benzene rings is 3. The molecule has 0 unspecified atom stereocenters. The minimum absolute atomic E-state index is 0.00444. The first kappa shape index (κ1) is 31.5. The van der Waals surface area contributed by atoms with Crippen LogP contribution in [-0.2, 0) is 26.2 Å². The summed E-state index contributed by atoms with van der Waals surface area (Å²) in [6.45, 7) is 6.96. The third-order valence-corrected chi connectivity index (χ3v) is 8.12. The Morgan fingerprint density at radius 1 is 0.902 bits per heavy atom. The normalized spacial score (nSPS) is 12.2. The van der Waals surface area contributed by atoms with Gasteiger partial charge in [-0.05, 0) is 57.0 Å². The van der Waals surface area contributed by atoms with Crippen LogP contribution in [0.5, 0.6) is 11.5 Å². The molecule has 1 N–H and O–H groups in total. The predicted octanol–water partition coefficient (Wildman–Crippen LogP) is 4.62. The molecule has 0 aliphatic rings. The zero-order valence-corrected chi connectivity index (χ0v) is 25.3. The molecule has 2 amide bonds. The van der Waals surface area contributed by atoms with Crippen molar-refractivity contribution in [3.63, 3.8) is 0 Å². The fourth-order valence-electron chi connectivity index (χ4n) is 4.38. The molecule has 220 valence electrons. The van der Waals surface area contributed by atoms with Crippen molar-refractivity contribution in [2.75, 3.05) is 25.1 Å². The summed E-state index contributed by atoms with van der Waals surface area (Å²) in [4.78, 5) is 29.1. The van der Waals surface area contributed by atoms with Crippen molar-refractivity contribution in [1.29, 1.82) is 0 Å². The molecule has 0 bridgehead atoms. The van der Waals surface area contributed by atoms with Gasteiger partial charge in [0.15, 0.2) is 0 Å². The van der Waals surface area contributed by atoms with Gasteiger partial charge in [-0.15, -0.1) is 0 Å². The van der Waals surface area contributed by atoms with E-state index in [-0.39, 0.29) is 28.8 Å². The van der Waals surface area contributed by atoms with E-state index in [1.54, 1.807) is 30.3 Å². The molecule has 10 heteroatoms. The van der Waals surface area contributed by atoms with E-state index < -0.39 is 34.1 Å². The van der Waals surface area contributed by atoms with E-state index in [9.17, 15) is 18.0 Å². The monoisotopic (exact) mass is 581 g/mol. The molecule has 0 saturated carbocycles. The van der Waals surface area contributed by atoms with Crippen molar-refractivity contribution in [2.24, 2.45) is 0 Å². The number of ether oxygens (including phenoxy) is 2. The molecule has 1 atom stereocenters. The Morgan fingerprint density at radius 2 is 1.51 bits per heavy atom. The Balaban J connectivity index is 2.14. The molecular formula is C31H39N3O6S. The molecule has 0 aromatic heterocycles. The summed E-state index contributed by atoms with van der Waals surface area (Å²) in [7, 11) is -1.36. The first-order chi connectivity index (χ1) is 19.4. The minimum Gasteiger partial charge on any atom is -0.497 e. The molecule has 0 aliphatic heterocycles. The molecule has 0 radical (unpaired) electrons. The van der Waals surface area contributed by atoms with Crippen LogP contribution in [0.3, 0.4) is 0 Å². The second-order valence-corrected chi connectivity index (χ2v) is 12.4. The molecular weight excluding hydrogens is 542 g/mol. The van der Waals surface area contributed by atoms with Crippen LogP contribution in [0.15, 0.2) is 83.8 Å². The minimum atomic E-state index is -4.24. The summed E-state index contributed by atoms with van der Waals surface area (Å²) in [5.41, 5.74) is 0.415. The number of anilines is 1. The smallest absolute Gasteiger partial charge is 0.264 e. The zero-order chi connectivity index (χ0) is 30.2. The van der Waals surface area contributed by atoms with Crippen molar-refractivity contribution in [2.45, 2.75) is 57.1 Å². The van der Waals surface area contributed by atoms with Gasteiger partial charge >= 0.3 is 0 Å². The average Bonchev–Trinajstić information content (AvgIpc) is 2.95. The number of nitrogens with one attached hydrogen (secondary N) is 1. The standard InChI is InChI=1S/C31H39N3O6S/c1-7-26(30(36)32-31(2,3)4)33(21-23-14-10-8-11-15-23)29(35)22-34(41(37,38)25-16-12-9-13-17-25)27-20-24(39-5)18-19-28(27)40-6/h8-20,26H,7,21-22H2,1-6H3,(H,32,36)/t26-/m0/s1. The van der Waals surface area contributed by atoms with Crippen LogP contribution in [0, 0.1) is 0 Å². The van der Waals surface area contributed by atoms with Crippen LogP contribution in [0.2, 0.25) is 0 Å². The number of methoxy groups -OCH3 is 2. The van der Waals surface area contributed by atoms with Crippen molar-refractivity contribution < 1.29 is 27.5 Å². The number of hydrogen-bond donors (Lipinski definition) is 1.